The van der Waals surface area contributed by atoms with E-state index in [1.807, 2.05) is 19.1 Å². The summed E-state index contributed by atoms with van der Waals surface area (Å²) in [6, 6.07) is 11.7. The molecular formula is C21H23N3O3S. The van der Waals surface area contributed by atoms with E-state index in [9.17, 15) is 13.2 Å². The Morgan fingerprint density at radius 3 is 2.43 bits per heavy atom. The number of sulfonamides is 1. The number of rotatable bonds is 6. The molecule has 0 radical (unpaired) electrons. The van der Waals surface area contributed by atoms with Gasteiger partial charge in [-0.15, -0.1) is 6.42 Å². The molecular weight excluding hydrogens is 374 g/mol. The van der Waals surface area contributed by atoms with Crippen LogP contribution in [-0.4, -0.2) is 34.0 Å². The molecule has 0 aromatic heterocycles. The molecule has 0 unspecified atom stereocenters. The summed E-state index contributed by atoms with van der Waals surface area (Å²) < 4.78 is 26.4. The number of hydrogen-bond donors (Lipinski definition) is 2. The molecule has 0 saturated carbocycles. The monoisotopic (exact) mass is 397 g/mol. The first-order valence-corrected chi connectivity index (χ1v) is 10.6. The fourth-order valence-electron chi connectivity index (χ4n) is 3.16. The zero-order chi connectivity index (χ0) is 20.1. The molecule has 1 aliphatic heterocycles. The second-order valence-electron chi connectivity index (χ2n) is 6.70. The maximum Gasteiger partial charge on any atom is 0.255 e. The molecule has 1 fully saturated rings. The predicted molar refractivity (Wildman–Crippen MR) is 111 cm³/mol. The molecule has 0 spiro atoms. The van der Waals surface area contributed by atoms with Crippen LogP contribution in [-0.2, 0) is 10.0 Å². The first-order chi connectivity index (χ1) is 13.4. The van der Waals surface area contributed by atoms with Gasteiger partial charge in [-0.3, -0.25) is 4.79 Å². The van der Waals surface area contributed by atoms with Gasteiger partial charge in [-0.1, -0.05) is 5.92 Å². The van der Waals surface area contributed by atoms with Gasteiger partial charge in [-0.05, 0) is 67.8 Å². The van der Waals surface area contributed by atoms with E-state index in [0.29, 0.717) is 5.56 Å². The van der Waals surface area contributed by atoms with Gasteiger partial charge in [0.15, 0.2) is 0 Å². The van der Waals surface area contributed by atoms with Gasteiger partial charge >= 0.3 is 0 Å². The standard InChI is InChI=1S/C21H23N3O3S/c1-3-12-22-28(26,27)19-9-6-17(7-10-19)21(25)23-20-11-8-18(15-16(20)2)24-13-4-5-14-24/h1,6-11,15,22H,4-5,12-14H2,2H3,(H,23,25). The summed E-state index contributed by atoms with van der Waals surface area (Å²) in [5.41, 5.74) is 3.26. The maximum atomic E-state index is 12.5. The molecule has 7 heteroatoms. The zero-order valence-corrected chi connectivity index (χ0v) is 16.6. The molecule has 2 aromatic carbocycles. The van der Waals surface area contributed by atoms with Gasteiger partial charge < -0.3 is 10.2 Å². The van der Waals surface area contributed by atoms with Gasteiger partial charge in [-0.2, -0.15) is 4.72 Å². The third kappa shape index (κ3) is 4.53. The molecule has 1 amide bonds. The molecule has 0 aliphatic carbocycles. The number of amides is 1. The Balaban J connectivity index is 1.70. The van der Waals surface area contributed by atoms with Gasteiger partial charge in [-0.25, -0.2) is 8.42 Å². The summed E-state index contributed by atoms with van der Waals surface area (Å²) in [5, 5.41) is 2.89. The summed E-state index contributed by atoms with van der Waals surface area (Å²) in [6.07, 6.45) is 7.49. The molecule has 0 atom stereocenters. The highest BCUT2D eigenvalue weighted by atomic mass is 32.2. The highest BCUT2D eigenvalue weighted by molar-refractivity contribution is 7.89. The number of terminal acetylenes is 1. The van der Waals surface area contributed by atoms with Crippen molar-refractivity contribution in [2.24, 2.45) is 0 Å². The number of nitrogens with zero attached hydrogens (tertiary/aromatic N) is 1. The summed E-state index contributed by atoms with van der Waals surface area (Å²) in [4.78, 5) is 14.9. The van der Waals surface area contributed by atoms with Crippen molar-refractivity contribution in [3.8, 4) is 12.3 Å². The Labute approximate surface area is 166 Å². The van der Waals surface area contributed by atoms with Crippen molar-refractivity contribution in [2.45, 2.75) is 24.7 Å². The number of nitrogens with one attached hydrogen (secondary N) is 2. The van der Waals surface area contributed by atoms with Crippen LogP contribution in [0.5, 0.6) is 0 Å². The van der Waals surface area contributed by atoms with Gasteiger partial charge in [0.1, 0.15) is 0 Å². The summed E-state index contributed by atoms with van der Waals surface area (Å²) in [6.45, 7) is 4.01. The molecule has 6 nitrogen and oxygen atoms in total. The summed E-state index contributed by atoms with van der Waals surface area (Å²) >= 11 is 0. The fraction of sp³-hybridized carbons (Fsp3) is 0.286. The third-order valence-corrected chi connectivity index (χ3v) is 6.14. The quantitative estimate of drug-likeness (QED) is 0.735. The Morgan fingerprint density at radius 1 is 1.14 bits per heavy atom. The Kier molecular flexibility index (Phi) is 6.02. The molecule has 28 heavy (non-hydrogen) atoms. The van der Waals surface area contributed by atoms with E-state index in [1.165, 1.54) is 42.8 Å². The van der Waals surface area contributed by atoms with E-state index in [2.05, 4.69) is 26.9 Å². The van der Waals surface area contributed by atoms with Gasteiger partial charge in [0, 0.05) is 30.0 Å². The second kappa shape index (κ2) is 8.46. The molecule has 1 aliphatic rings. The van der Waals surface area contributed by atoms with Crippen molar-refractivity contribution in [1.29, 1.82) is 0 Å². The number of carbonyl (C=O) groups excluding carboxylic acids is 1. The van der Waals surface area contributed by atoms with Gasteiger partial charge in [0.25, 0.3) is 5.91 Å². The predicted octanol–water partition coefficient (Wildman–Crippen LogP) is 2.76. The topological polar surface area (TPSA) is 78.5 Å². The van der Waals surface area contributed by atoms with Crippen LogP contribution < -0.4 is 14.9 Å². The molecule has 2 aromatic rings. The summed E-state index contributed by atoms with van der Waals surface area (Å²) in [7, 11) is -3.67. The van der Waals surface area contributed by atoms with Crippen LogP contribution in [0.4, 0.5) is 11.4 Å². The first-order valence-electron chi connectivity index (χ1n) is 9.11. The number of aryl methyl sites for hydroxylation is 1. The lowest BCUT2D eigenvalue weighted by Crippen LogP contribution is -2.24. The van der Waals surface area contributed by atoms with E-state index in [4.69, 9.17) is 6.42 Å². The fourth-order valence-corrected chi connectivity index (χ4v) is 4.09. The van der Waals surface area contributed by atoms with Crippen LogP contribution in [0.2, 0.25) is 0 Å². The van der Waals surface area contributed by atoms with Crippen LogP contribution in [0.15, 0.2) is 47.4 Å². The normalized spacial score (nSPS) is 13.9. The van der Waals surface area contributed by atoms with E-state index in [-0.39, 0.29) is 17.3 Å². The molecule has 146 valence electrons. The lowest BCUT2D eigenvalue weighted by molar-refractivity contribution is 0.102. The molecule has 1 saturated heterocycles. The molecule has 3 rings (SSSR count). The van der Waals surface area contributed by atoms with E-state index < -0.39 is 10.0 Å². The lowest BCUT2D eigenvalue weighted by atomic mass is 10.1. The van der Waals surface area contributed by atoms with Crippen LogP contribution in [0.25, 0.3) is 0 Å². The minimum Gasteiger partial charge on any atom is -0.372 e. The zero-order valence-electron chi connectivity index (χ0n) is 15.7. The van der Waals surface area contributed by atoms with Crippen molar-refractivity contribution in [3.63, 3.8) is 0 Å². The minimum absolute atomic E-state index is 0.0606. The largest absolute Gasteiger partial charge is 0.372 e. The number of benzene rings is 2. The minimum atomic E-state index is -3.67. The Hall–Kier alpha value is -2.82. The second-order valence-corrected chi connectivity index (χ2v) is 8.47. The highest BCUT2D eigenvalue weighted by Crippen LogP contribution is 2.26. The molecule has 1 heterocycles. The maximum absolute atomic E-state index is 12.5. The van der Waals surface area contributed by atoms with Crippen LogP contribution in [0, 0.1) is 19.3 Å². The highest BCUT2D eigenvalue weighted by Gasteiger charge is 2.16. The number of carbonyl (C=O) groups is 1. The van der Waals surface area contributed by atoms with E-state index in [0.717, 1.165) is 24.3 Å². The summed E-state index contributed by atoms with van der Waals surface area (Å²) in [5.74, 6) is 1.93. The first kappa shape index (κ1) is 19.9. The van der Waals surface area contributed by atoms with Crippen LogP contribution in [0.1, 0.15) is 28.8 Å². The molecule has 2 N–H and O–H groups in total. The van der Waals surface area contributed by atoms with Gasteiger partial charge in [0.2, 0.25) is 10.0 Å². The van der Waals surface area contributed by atoms with Crippen LogP contribution in [0.3, 0.4) is 0 Å². The SMILES string of the molecule is C#CCNS(=O)(=O)c1ccc(C(=O)Nc2ccc(N3CCCC3)cc2C)cc1. The van der Waals surface area contributed by atoms with Crippen molar-refractivity contribution in [3.05, 3.63) is 53.6 Å². The Bertz CT molecular complexity index is 1000. The average molecular weight is 398 g/mol. The van der Waals surface area contributed by atoms with Crippen LogP contribution >= 0.6 is 0 Å². The van der Waals surface area contributed by atoms with Crippen molar-refractivity contribution >= 4 is 27.3 Å². The van der Waals surface area contributed by atoms with E-state index in [1.54, 1.807) is 0 Å². The smallest absolute Gasteiger partial charge is 0.255 e. The average Bonchev–Trinajstić information content (AvgIpc) is 3.23. The number of anilines is 2. The number of hydrogen-bond acceptors (Lipinski definition) is 4. The lowest BCUT2D eigenvalue weighted by Gasteiger charge is -2.19. The van der Waals surface area contributed by atoms with E-state index >= 15 is 0 Å². The van der Waals surface area contributed by atoms with Crippen molar-refractivity contribution in [1.82, 2.24) is 4.72 Å². The van der Waals surface area contributed by atoms with Crippen molar-refractivity contribution in [2.75, 3.05) is 29.9 Å². The molecule has 0 bridgehead atoms. The Morgan fingerprint density at radius 2 is 1.82 bits per heavy atom. The third-order valence-electron chi connectivity index (χ3n) is 4.72. The van der Waals surface area contributed by atoms with Crippen molar-refractivity contribution < 1.29 is 13.2 Å². The van der Waals surface area contributed by atoms with Gasteiger partial charge in [0.05, 0.1) is 11.4 Å².